The van der Waals surface area contributed by atoms with E-state index in [1.54, 1.807) is 12.3 Å². The SMILES string of the molecule is Cc1ccc(Cl)c(NC2=CC(=O)C[C@H](c3ccco3)C2)c1. The zero-order valence-corrected chi connectivity index (χ0v) is 12.5. The van der Waals surface area contributed by atoms with Crippen molar-refractivity contribution in [3.63, 3.8) is 0 Å². The van der Waals surface area contributed by atoms with Crippen molar-refractivity contribution in [2.45, 2.75) is 25.7 Å². The lowest BCUT2D eigenvalue weighted by Gasteiger charge is -2.22. The molecule has 1 N–H and O–H groups in total. The van der Waals surface area contributed by atoms with E-state index in [2.05, 4.69) is 5.32 Å². The van der Waals surface area contributed by atoms with E-state index in [1.807, 2.05) is 37.3 Å². The lowest BCUT2D eigenvalue weighted by molar-refractivity contribution is -0.115. The minimum Gasteiger partial charge on any atom is -0.469 e. The van der Waals surface area contributed by atoms with Crippen LogP contribution in [0.3, 0.4) is 0 Å². The fourth-order valence-electron chi connectivity index (χ4n) is 2.61. The van der Waals surface area contributed by atoms with Crippen molar-refractivity contribution in [3.8, 4) is 0 Å². The normalized spacial score (nSPS) is 18.5. The molecule has 21 heavy (non-hydrogen) atoms. The molecule has 108 valence electrons. The highest BCUT2D eigenvalue weighted by Gasteiger charge is 2.24. The van der Waals surface area contributed by atoms with Crippen LogP contribution in [0.5, 0.6) is 0 Å². The molecule has 0 saturated carbocycles. The number of halogens is 1. The molecular weight excluding hydrogens is 286 g/mol. The summed E-state index contributed by atoms with van der Waals surface area (Å²) < 4.78 is 5.43. The van der Waals surface area contributed by atoms with Gasteiger partial charge in [0.05, 0.1) is 17.0 Å². The monoisotopic (exact) mass is 301 g/mol. The third kappa shape index (κ3) is 3.19. The second-order valence-corrected chi connectivity index (χ2v) is 5.77. The molecule has 2 aromatic rings. The second-order valence-electron chi connectivity index (χ2n) is 5.36. The number of ketones is 1. The molecule has 4 heteroatoms. The van der Waals surface area contributed by atoms with Crippen molar-refractivity contribution >= 4 is 23.1 Å². The van der Waals surface area contributed by atoms with Crippen LogP contribution in [0, 0.1) is 6.92 Å². The van der Waals surface area contributed by atoms with E-state index in [1.165, 1.54) is 0 Å². The van der Waals surface area contributed by atoms with Crippen LogP contribution in [0.1, 0.15) is 30.1 Å². The summed E-state index contributed by atoms with van der Waals surface area (Å²) in [5, 5.41) is 3.93. The second kappa shape index (κ2) is 5.78. The molecule has 0 fully saturated rings. The molecule has 1 aromatic carbocycles. The molecule has 1 aliphatic carbocycles. The first-order valence-electron chi connectivity index (χ1n) is 6.92. The van der Waals surface area contributed by atoms with E-state index in [9.17, 15) is 4.79 Å². The predicted molar refractivity (Wildman–Crippen MR) is 83.6 cm³/mol. The molecule has 3 rings (SSSR count). The fourth-order valence-corrected chi connectivity index (χ4v) is 2.78. The number of rotatable bonds is 3. The van der Waals surface area contributed by atoms with Gasteiger partial charge in [-0.3, -0.25) is 4.79 Å². The average molecular weight is 302 g/mol. The van der Waals surface area contributed by atoms with Crippen LogP contribution in [-0.4, -0.2) is 5.78 Å². The van der Waals surface area contributed by atoms with Gasteiger partial charge >= 0.3 is 0 Å². The lowest BCUT2D eigenvalue weighted by Crippen LogP contribution is -2.16. The molecule has 1 aromatic heterocycles. The van der Waals surface area contributed by atoms with Crippen molar-refractivity contribution in [3.05, 3.63) is 64.7 Å². The number of benzene rings is 1. The van der Waals surface area contributed by atoms with E-state index >= 15 is 0 Å². The highest BCUT2D eigenvalue weighted by Crippen LogP contribution is 2.33. The van der Waals surface area contributed by atoms with Gasteiger partial charge in [-0.2, -0.15) is 0 Å². The van der Waals surface area contributed by atoms with Gasteiger partial charge in [-0.15, -0.1) is 0 Å². The number of hydrogen-bond acceptors (Lipinski definition) is 3. The Labute approximate surface area is 128 Å². The quantitative estimate of drug-likeness (QED) is 0.894. The van der Waals surface area contributed by atoms with E-state index in [0.717, 1.165) is 29.1 Å². The summed E-state index contributed by atoms with van der Waals surface area (Å²) in [5.74, 6) is 1.04. The van der Waals surface area contributed by atoms with Crippen LogP contribution in [0.25, 0.3) is 0 Å². The molecule has 1 atom stereocenters. The summed E-state index contributed by atoms with van der Waals surface area (Å²) in [6.07, 6.45) is 4.53. The van der Waals surface area contributed by atoms with Crippen LogP contribution < -0.4 is 5.32 Å². The van der Waals surface area contributed by atoms with Gasteiger partial charge in [-0.05, 0) is 43.2 Å². The van der Waals surface area contributed by atoms with Crippen LogP contribution in [-0.2, 0) is 4.79 Å². The van der Waals surface area contributed by atoms with E-state index in [-0.39, 0.29) is 11.7 Å². The Bertz CT molecular complexity index is 689. The number of nitrogens with one attached hydrogen (secondary N) is 1. The van der Waals surface area contributed by atoms with Crippen molar-refractivity contribution in [2.24, 2.45) is 0 Å². The number of anilines is 1. The van der Waals surface area contributed by atoms with E-state index < -0.39 is 0 Å². The fraction of sp³-hybridized carbons (Fsp3) is 0.235. The summed E-state index contributed by atoms with van der Waals surface area (Å²) >= 11 is 6.19. The number of aryl methyl sites for hydroxylation is 1. The molecule has 0 aliphatic heterocycles. The molecule has 0 bridgehead atoms. The Balaban J connectivity index is 1.81. The molecular formula is C17H16ClNO2. The van der Waals surface area contributed by atoms with Gasteiger partial charge < -0.3 is 9.73 Å². The standard InChI is InChI=1S/C17H16ClNO2/c1-11-4-5-15(18)16(7-11)19-13-8-12(9-14(20)10-13)17-3-2-6-21-17/h2-7,10,12,19H,8-9H2,1H3/t12-/m1/s1. The van der Waals surface area contributed by atoms with Gasteiger partial charge in [0.25, 0.3) is 0 Å². The van der Waals surface area contributed by atoms with Crippen LogP contribution in [0.15, 0.2) is 52.8 Å². The number of hydrogen-bond donors (Lipinski definition) is 1. The maximum Gasteiger partial charge on any atom is 0.158 e. The molecule has 0 radical (unpaired) electrons. The predicted octanol–water partition coefficient (Wildman–Crippen LogP) is 4.68. The van der Waals surface area contributed by atoms with Crippen molar-refractivity contribution < 1.29 is 9.21 Å². The number of carbonyl (C=O) groups is 1. The van der Waals surface area contributed by atoms with E-state index in [0.29, 0.717) is 11.4 Å². The molecule has 1 heterocycles. The minimum atomic E-state index is 0.0867. The Morgan fingerprint density at radius 1 is 1.29 bits per heavy atom. The third-order valence-corrected chi connectivity index (χ3v) is 3.94. The highest BCUT2D eigenvalue weighted by atomic mass is 35.5. The summed E-state index contributed by atoms with van der Waals surface area (Å²) in [6, 6.07) is 9.56. The Morgan fingerprint density at radius 2 is 2.14 bits per heavy atom. The molecule has 0 spiro atoms. The van der Waals surface area contributed by atoms with Crippen molar-refractivity contribution in [1.82, 2.24) is 0 Å². The molecule has 0 amide bonds. The topological polar surface area (TPSA) is 42.2 Å². The molecule has 0 unspecified atom stereocenters. The first kappa shape index (κ1) is 14.0. The van der Waals surface area contributed by atoms with Gasteiger partial charge in [-0.25, -0.2) is 0 Å². The smallest absolute Gasteiger partial charge is 0.158 e. The van der Waals surface area contributed by atoms with Crippen molar-refractivity contribution in [1.29, 1.82) is 0 Å². The Hall–Kier alpha value is -2.00. The number of furan rings is 1. The number of carbonyl (C=O) groups excluding carboxylic acids is 1. The lowest BCUT2D eigenvalue weighted by atomic mass is 9.89. The average Bonchev–Trinajstić information content (AvgIpc) is 2.96. The maximum absolute atomic E-state index is 11.9. The third-order valence-electron chi connectivity index (χ3n) is 3.61. The van der Waals surface area contributed by atoms with Gasteiger partial charge in [0.15, 0.2) is 5.78 Å². The van der Waals surface area contributed by atoms with Crippen LogP contribution in [0.2, 0.25) is 5.02 Å². The Kier molecular flexibility index (Phi) is 3.84. The van der Waals surface area contributed by atoms with Gasteiger partial charge in [0.2, 0.25) is 0 Å². The highest BCUT2D eigenvalue weighted by molar-refractivity contribution is 6.33. The molecule has 1 aliphatic rings. The first-order chi connectivity index (χ1) is 10.1. The summed E-state index contributed by atoms with van der Waals surface area (Å²) in [7, 11) is 0. The zero-order valence-electron chi connectivity index (χ0n) is 11.7. The van der Waals surface area contributed by atoms with E-state index in [4.69, 9.17) is 16.0 Å². The van der Waals surface area contributed by atoms with Gasteiger partial charge in [0, 0.05) is 24.1 Å². The first-order valence-corrected chi connectivity index (χ1v) is 7.29. The minimum absolute atomic E-state index is 0.0867. The molecule has 3 nitrogen and oxygen atoms in total. The van der Waals surface area contributed by atoms with Gasteiger partial charge in [-0.1, -0.05) is 17.7 Å². The maximum atomic E-state index is 11.9. The van der Waals surface area contributed by atoms with Crippen LogP contribution >= 0.6 is 11.6 Å². The van der Waals surface area contributed by atoms with Crippen LogP contribution in [0.4, 0.5) is 5.69 Å². The number of allylic oxidation sites excluding steroid dienone is 2. The largest absolute Gasteiger partial charge is 0.469 e. The zero-order chi connectivity index (χ0) is 14.8. The summed E-state index contributed by atoms with van der Waals surface area (Å²) in [6.45, 7) is 2.01. The molecule has 0 saturated heterocycles. The Morgan fingerprint density at radius 3 is 2.90 bits per heavy atom. The van der Waals surface area contributed by atoms with Crippen molar-refractivity contribution in [2.75, 3.05) is 5.32 Å². The summed E-state index contributed by atoms with van der Waals surface area (Å²) in [5.41, 5.74) is 2.82. The summed E-state index contributed by atoms with van der Waals surface area (Å²) in [4.78, 5) is 11.9. The van der Waals surface area contributed by atoms with Gasteiger partial charge in [0.1, 0.15) is 5.76 Å².